The van der Waals surface area contributed by atoms with Crippen LogP contribution in [-0.2, 0) is 16.0 Å². The molecule has 1 aromatic rings. The van der Waals surface area contributed by atoms with Gasteiger partial charge in [0, 0.05) is 6.54 Å². The molecule has 0 atom stereocenters. The zero-order chi connectivity index (χ0) is 12.8. The second-order valence-electron chi connectivity index (χ2n) is 4.68. The summed E-state index contributed by atoms with van der Waals surface area (Å²) in [6.45, 7) is 0.330. The van der Waals surface area contributed by atoms with Crippen LogP contribution >= 0.6 is 11.3 Å². The van der Waals surface area contributed by atoms with Gasteiger partial charge >= 0.3 is 6.03 Å². The second kappa shape index (κ2) is 3.91. The lowest BCUT2D eigenvalue weighted by atomic mass is 10.0. The molecule has 1 saturated carbocycles. The largest absolute Gasteiger partial charge is 0.330 e. The van der Waals surface area contributed by atoms with E-state index in [-0.39, 0.29) is 5.91 Å². The van der Waals surface area contributed by atoms with E-state index < -0.39 is 17.4 Å². The lowest BCUT2D eigenvalue weighted by Gasteiger charge is -2.30. The molecule has 1 N–H and O–H groups in total. The van der Waals surface area contributed by atoms with E-state index in [4.69, 9.17) is 0 Å². The van der Waals surface area contributed by atoms with Gasteiger partial charge in [-0.1, -0.05) is 0 Å². The molecule has 1 aromatic heterocycles. The van der Waals surface area contributed by atoms with E-state index in [0.717, 1.165) is 5.56 Å². The van der Waals surface area contributed by atoms with Gasteiger partial charge in [-0.25, -0.2) is 4.79 Å². The van der Waals surface area contributed by atoms with Gasteiger partial charge in [-0.05, 0) is 41.7 Å². The van der Waals surface area contributed by atoms with Crippen molar-refractivity contribution >= 4 is 29.2 Å². The first-order valence-electron chi connectivity index (χ1n) is 5.82. The van der Waals surface area contributed by atoms with Crippen LogP contribution in [0.4, 0.5) is 4.79 Å². The SMILES string of the molecule is O=C1NC(=O)C2(CC2)C(=O)N1CCc1ccsc1. The number of nitrogens with one attached hydrogen (secondary N) is 1. The van der Waals surface area contributed by atoms with E-state index in [1.807, 2.05) is 16.8 Å². The Balaban J connectivity index is 1.73. The maximum atomic E-state index is 12.1. The van der Waals surface area contributed by atoms with Crippen LogP contribution in [0.3, 0.4) is 0 Å². The predicted octanol–water partition coefficient (Wildman–Crippen LogP) is 1.15. The van der Waals surface area contributed by atoms with Crippen LogP contribution in [0.5, 0.6) is 0 Å². The van der Waals surface area contributed by atoms with Crippen molar-refractivity contribution in [2.45, 2.75) is 19.3 Å². The third-order valence-electron chi connectivity index (χ3n) is 3.51. The third-order valence-corrected chi connectivity index (χ3v) is 4.24. The summed E-state index contributed by atoms with van der Waals surface area (Å²) in [6, 6.07) is 1.38. The van der Waals surface area contributed by atoms with Crippen molar-refractivity contribution in [3.05, 3.63) is 22.4 Å². The van der Waals surface area contributed by atoms with Crippen molar-refractivity contribution in [3.8, 4) is 0 Å². The van der Waals surface area contributed by atoms with Gasteiger partial charge in [0.1, 0.15) is 5.41 Å². The van der Waals surface area contributed by atoms with E-state index in [2.05, 4.69) is 5.32 Å². The van der Waals surface area contributed by atoms with Gasteiger partial charge in [0.15, 0.2) is 0 Å². The van der Waals surface area contributed by atoms with Crippen LogP contribution < -0.4 is 5.32 Å². The Morgan fingerprint density at radius 2 is 2.11 bits per heavy atom. The highest BCUT2D eigenvalue weighted by atomic mass is 32.1. The summed E-state index contributed by atoms with van der Waals surface area (Å²) in [4.78, 5) is 36.6. The first kappa shape index (κ1) is 11.4. The Morgan fingerprint density at radius 3 is 2.72 bits per heavy atom. The first-order chi connectivity index (χ1) is 8.63. The maximum Gasteiger partial charge on any atom is 0.330 e. The number of hydrogen-bond donors (Lipinski definition) is 1. The highest BCUT2D eigenvalue weighted by Crippen LogP contribution is 2.48. The summed E-state index contributed by atoms with van der Waals surface area (Å²) >= 11 is 1.58. The number of hydrogen-bond acceptors (Lipinski definition) is 4. The summed E-state index contributed by atoms with van der Waals surface area (Å²) in [5, 5.41) is 6.22. The molecular formula is C12H12N2O3S. The third kappa shape index (κ3) is 1.64. The van der Waals surface area contributed by atoms with Crippen LogP contribution in [0.2, 0.25) is 0 Å². The Kier molecular flexibility index (Phi) is 2.48. The fourth-order valence-corrected chi connectivity index (χ4v) is 2.88. The monoisotopic (exact) mass is 264 g/mol. The fraction of sp³-hybridized carbons (Fsp3) is 0.417. The Labute approximate surface area is 108 Å². The highest BCUT2D eigenvalue weighted by Gasteiger charge is 2.61. The average Bonchev–Trinajstić information content (AvgIpc) is 2.99. The van der Waals surface area contributed by atoms with Gasteiger partial charge in [0.25, 0.3) is 0 Å². The summed E-state index contributed by atoms with van der Waals surface area (Å²) in [6.07, 6.45) is 1.74. The lowest BCUT2D eigenvalue weighted by molar-refractivity contribution is -0.144. The molecular weight excluding hydrogens is 252 g/mol. The molecule has 0 aromatic carbocycles. The van der Waals surface area contributed by atoms with Gasteiger partial charge < -0.3 is 0 Å². The molecule has 1 aliphatic carbocycles. The normalized spacial score (nSPS) is 21.3. The number of carbonyl (C=O) groups excluding carboxylic acids is 3. The van der Waals surface area contributed by atoms with E-state index in [9.17, 15) is 14.4 Å². The minimum absolute atomic E-state index is 0.327. The number of nitrogens with zero attached hydrogens (tertiary/aromatic N) is 1. The van der Waals surface area contributed by atoms with Crippen molar-refractivity contribution in [2.24, 2.45) is 5.41 Å². The highest BCUT2D eigenvalue weighted by molar-refractivity contribution is 7.07. The zero-order valence-corrected chi connectivity index (χ0v) is 10.5. The van der Waals surface area contributed by atoms with Crippen LogP contribution in [0, 0.1) is 5.41 Å². The number of amides is 4. The van der Waals surface area contributed by atoms with Crippen LogP contribution in [0.15, 0.2) is 16.8 Å². The van der Waals surface area contributed by atoms with Crippen molar-refractivity contribution < 1.29 is 14.4 Å². The van der Waals surface area contributed by atoms with Gasteiger partial charge in [-0.3, -0.25) is 19.8 Å². The number of thiophene rings is 1. The number of carbonyl (C=O) groups is 3. The quantitative estimate of drug-likeness (QED) is 0.833. The molecule has 2 aliphatic rings. The van der Waals surface area contributed by atoms with Crippen LogP contribution in [0.1, 0.15) is 18.4 Å². The van der Waals surface area contributed by atoms with Crippen molar-refractivity contribution in [3.63, 3.8) is 0 Å². The second-order valence-corrected chi connectivity index (χ2v) is 5.46. The average molecular weight is 264 g/mol. The van der Waals surface area contributed by atoms with Crippen LogP contribution in [0.25, 0.3) is 0 Å². The number of rotatable bonds is 3. The van der Waals surface area contributed by atoms with Gasteiger partial charge in [0.2, 0.25) is 11.8 Å². The molecule has 5 nitrogen and oxygen atoms in total. The molecule has 2 fully saturated rings. The van der Waals surface area contributed by atoms with Gasteiger partial charge in [0.05, 0.1) is 0 Å². The fourth-order valence-electron chi connectivity index (χ4n) is 2.18. The van der Waals surface area contributed by atoms with E-state index >= 15 is 0 Å². The molecule has 2 heterocycles. The molecule has 0 bridgehead atoms. The molecule has 0 unspecified atom stereocenters. The van der Waals surface area contributed by atoms with E-state index in [1.165, 1.54) is 4.90 Å². The molecule has 0 radical (unpaired) electrons. The summed E-state index contributed by atoms with van der Waals surface area (Å²) < 4.78 is 0. The Bertz CT molecular complexity index is 519. The summed E-state index contributed by atoms with van der Waals surface area (Å²) in [7, 11) is 0. The standard InChI is InChI=1S/C12H12N2O3S/c15-9-12(3-4-12)10(16)14(11(17)13-9)5-1-8-2-6-18-7-8/h2,6-7H,1,3-5H2,(H,13,15,17). The van der Waals surface area contributed by atoms with Crippen molar-refractivity contribution in [2.75, 3.05) is 6.54 Å². The predicted molar refractivity (Wildman–Crippen MR) is 64.9 cm³/mol. The van der Waals surface area contributed by atoms with E-state index in [0.29, 0.717) is 25.8 Å². The van der Waals surface area contributed by atoms with Gasteiger partial charge in [-0.15, -0.1) is 0 Å². The molecule has 1 spiro atoms. The number of imide groups is 2. The molecule has 1 saturated heterocycles. The molecule has 6 heteroatoms. The minimum Gasteiger partial charge on any atom is -0.277 e. The minimum atomic E-state index is -0.928. The lowest BCUT2D eigenvalue weighted by Crippen LogP contribution is -2.59. The maximum absolute atomic E-state index is 12.1. The van der Waals surface area contributed by atoms with Gasteiger partial charge in [-0.2, -0.15) is 11.3 Å². The molecule has 18 heavy (non-hydrogen) atoms. The summed E-state index contributed by atoms with van der Waals surface area (Å²) in [5.74, 6) is -0.754. The Morgan fingerprint density at radius 1 is 1.33 bits per heavy atom. The van der Waals surface area contributed by atoms with Crippen LogP contribution in [-0.4, -0.2) is 29.3 Å². The topological polar surface area (TPSA) is 66.5 Å². The molecule has 1 aliphatic heterocycles. The van der Waals surface area contributed by atoms with Crippen molar-refractivity contribution in [1.82, 2.24) is 10.2 Å². The Hall–Kier alpha value is -1.69. The first-order valence-corrected chi connectivity index (χ1v) is 6.76. The zero-order valence-electron chi connectivity index (χ0n) is 9.64. The summed E-state index contributed by atoms with van der Waals surface area (Å²) in [5.41, 5.74) is 0.171. The molecule has 3 rings (SSSR count). The number of barbiturate groups is 1. The number of urea groups is 1. The van der Waals surface area contributed by atoms with Crippen molar-refractivity contribution in [1.29, 1.82) is 0 Å². The smallest absolute Gasteiger partial charge is 0.277 e. The van der Waals surface area contributed by atoms with E-state index in [1.54, 1.807) is 11.3 Å². The molecule has 94 valence electrons. The molecule has 4 amide bonds.